The number of nitrogens with one attached hydrogen (secondary N) is 1. The maximum Gasteiger partial charge on any atom is 0.326 e. The Kier molecular flexibility index (Phi) is 6.91. The minimum atomic E-state index is -1.00. The molecule has 21 heavy (non-hydrogen) atoms. The van der Waals surface area contributed by atoms with Crippen molar-refractivity contribution in [1.82, 2.24) is 15.1 Å². The molecular formula is C14H27N3O4. The van der Waals surface area contributed by atoms with E-state index in [1.165, 1.54) is 0 Å². The average Bonchev–Trinajstić information content (AvgIpc) is 2.42. The van der Waals surface area contributed by atoms with Crippen molar-refractivity contribution in [3.8, 4) is 0 Å². The zero-order valence-electron chi connectivity index (χ0n) is 13.3. The van der Waals surface area contributed by atoms with Gasteiger partial charge in [0, 0.05) is 38.9 Å². The van der Waals surface area contributed by atoms with Crippen molar-refractivity contribution in [2.45, 2.75) is 44.8 Å². The number of hydrogen-bond donors (Lipinski definition) is 2. The molecule has 7 heteroatoms. The Balaban J connectivity index is 2.55. The second-order valence-corrected chi connectivity index (χ2v) is 5.74. The third-order valence-corrected chi connectivity index (χ3v) is 4.08. The van der Waals surface area contributed by atoms with Crippen molar-refractivity contribution in [2.75, 3.05) is 33.9 Å². The van der Waals surface area contributed by atoms with Crippen LogP contribution in [0, 0.1) is 0 Å². The van der Waals surface area contributed by atoms with E-state index in [-0.39, 0.29) is 18.1 Å². The standard InChI is InChI=1S/C14H27N3O4/c1-10-8-17(9-11(2)16(10)3)14(20)15-12(13(18)19)6-5-7-21-4/h10-12H,5-9H2,1-4H3,(H,15,20)(H,18,19). The molecule has 1 aliphatic rings. The lowest BCUT2D eigenvalue weighted by Gasteiger charge is -2.42. The second-order valence-electron chi connectivity index (χ2n) is 5.74. The lowest BCUT2D eigenvalue weighted by molar-refractivity contribution is -0.139. The number of carboxylic acids is 1. The van der Waals surface area contributed by atoms with Gasteiger partial charge in [-0.15, -0.1) is 0 Å². The third kappa shape index (κ3) is 5.17. The number of methoxy groups -OCH3 is 1. The molecule has 1 rings (SSSR count). The van der Waals surface area contributed by atoms with Crippen molar-refractivity contribution >= 4 is 12.0 Å². The molecule has 0 aromatic heterocycles. The molecule has 0 radical (unpaired) electrons. The van der Waals surface area contributed by atoms with E-state index in [1.54, 1.807) is 12.0 Å². The van der Waals surface area contributed by atoms with Gasteiger partial charge in [-0.3, -0.25) is 4.90 Å². The highest BCUT2D eigenvalue weighted by Crippen LogP contribution is 2.13. The fraction of sp³-hybridized carbons (Fsp3) is 0.857. The summed E-state index contributed by atoms with van der Waals surface area (Å²) < 4.78 is 4.91. The fourth-order valence-electron chi connectivity index (χ4n) is 2.50. The van der Waals surface area contributed by atoms with Crippen LogP contribution < -0.4 is 5.32 Å². The Morgan fingerprint density at radius 1 is 1.33 bits per heavy atom. The molecule has 0 aliphatic carbocycles. The highest BCUT2D eigenvalue weighted by atomic mass is 16.5. The molecule has 0 spiro atoms. The molecule has 2 amide bonds. The molecule has 0 aromatic carbocycles. The maximum absolute atomic E-state index is 12.2. The Morgan fingerprint density at radius 3 is 2.38 bits per heavy atom. The van der Waals surface area contributed by atoms with Gasteiger partial charge in [-0.05, 0) is 33.7 Å². The van der Waals surface area contributed by atoms with Gasteiger partial charge in [0.05, 0.1) is 0 Å². The number of amides is 2. The highest BCUT2D eigenvalue weighted by molar-refractivity contribution is 5.82. The summed E-state index contributed by atoms with van der Waals surface area (Å²) >= 11 is 0. The quantitative estimate of drug-likeness (QED) is 0.702. The summed E-state index contributed by atoms with van der Waals surface area (Å²) in [5.41, 5.74) is 0. The maximum atomic E-state index is 12.2. The molecule has 1 fully saturated rings. The summed E-state index contributed by atoms with van der Waals surface area (Å²) in [6.07, 6.45) is 0.969. The van der Waals surface area contributed by atoms with Crippen LogP contribution in [-0.4, -0.2) is 78.9 Å². The number of carboxylic acid groups (broad SMARTS) is 1. The van der Waals surface area contributed by atoms with E-state index in [9.17, 15) is 14.7 Å². The number of rotatable bonds is 6. The van der Waals surface area contributed by atoms with Gasteiger partial charge in [0.25, 0.3) is 0 Å². The monoisotopic (exact) mass is 301 g/mol. The van der Waals surface area contributed by atoms with Crippen LogP contribution in [0.3, 0.4) is 0 Å². The van der Waals surface area contributed by atoms with Gasteiger partial charge in [0.2, 0.25) is 0 Å². The summed E-state index contributed by atoms with van der Waals surface area (Å²) in [6.45, 7) is 5.82. The number of likely N-dealkylation sites (N-methyl/N-ethyl adjacent to an activating group) is 1. The first-order valence-corrected chi connectivity index (χ1v) is 7.36. The van der Waals surface area contributed by atoms with E-state index in [0.29, 0.717) is 32.5 Å². The van der Waals surface area contributed by atoms with Crippen LogP contribution in [0.15, 0.2) is 0 Å². The lowest BCUT2D eigenvalue weighted by Crippen LogP contribution is -2.59. The molecular weight excluding hydrogens is 274 g/mol. The van der Waals surface area contributed by atoms with Gasteiger partial charge < -0.3 is 20.1 Å². The third-order valence-electron chi connectivity index (χ3n) is 4.08. The number of ether oxygens (including phenoxy) is 1. The van der Waals surface area contributed by atoms with Gasteiger partial charge in [-0.2, -0.15) is 0 Å². The van der Waals surface area contributed by atoms with E-state index in [2.05, 4.69) is 24.1 Å². The van der Waals surface area contributed by atoms with Crippen LogP contribution in [-0.2, 0) is 9.53 Å². The molecule has 1 aliphatic heterocycles. The molecule has 3 atom stereocenters. The van der Waals surface area contributed by atoms with Crippen LogP contribution in [0.2, 0.25) is 0 Å². The fourth-order valence-corrected chi connectivity index (χ4v) is 2.50. The Morgan fingerprint density at radius 2 is 1.90 bits per heavy atom. The van der Waals surface area contributed by atoms with Crippen molar-refractivity contribution in [3.05, 3.63) is 0 Å². The molecule has 1 heterocycles. The SMILES string of the molecule is COCCCC(NC(=O)N1CC(C)N(C)C(C)C1)C(=O)O. The van der Waals surface area contributed by atoms with Gasteiger partial charge >= 0.3 is 12.0 Å². The number of carbonyl (C=O) groups is 2. The van der Waals surface area contributed by atoms with E-state index in [0.717, 1.165) is 0 Å². The van der Waals surface area contributed by atoms with Gasteiger partial charge in [0.1, 0.15) is 6.04 Å². The molecule has 2 N–H and O–H groups in total. The minimum Gasteiger partial charge on any atom is -0.480 e. The summed E-state index contributed by atoms with van der Waals surface area (Å²) in [5, 5.41) is 11.8. The highest BCUT2D eigenvalue weighted by Gasteiger charge is 2.31. The Hall–Kier alpha value is -1.34. The zero-order chi connectivity index (χ0) is 16.0. The first-order chi connectivity index (χ1) is 9.86. The average molecular weight is 301 g/mol. The molecule has 0 saturated carbocycles. The predicted molar refractivity (Wildman–Crippen MR) is 79.3 cm³/mol. The Labute approximate surface area is 126 Å². The van der Waals surface area contributed by atoms with Gasteiger partial charge in [-0.1, -0.05) is 0 Å². The first kappa shape index (κ1) is 17.7. The van der Waals surface area contributed by atoms with Gasteiger partial charge in [-0.25, -0.2) is 9.59 Å². The van der Waals surface area contributed by atoms with Crippen molar-refractivity contribution in [1.29, 1.82) is 0 Å². The smallest absolute Gasteiger partial charge is 0.326 e. The zero-order valence-corrected chi connectivity index (χ0v) is 13.3. The molecule has 0 bridgehead atoms. The molecule has 122 valence electrons. The van der Waals surface area contributed by atoms with E-state index in [1.807, 2.05) is 7.05 Å². The predicted octanol–water partition coefficient (Wildman–Crippen LogP) is 0.600. The summed E-state index contributed by atoms with van der Waals surface area (Å²) in [6, 6.07) is -0.642. The number of hydrogen-bond acceptors (Lipinski definition) is 4. The van der Waals surface area contributed by atoms with E-state index < -0.39 is 12.0 Å². The minimum absolute atomic E-state index is 0.260. The number of piperazine rings is 1. The largest absolute Gasteiger partial charge is 0.480 e. The summed E-state index contributed by atoms with van der Waals surface area (Å²) in [4.78, 5) is 27.4. The van der Waals surface area contributed by atoms with Crippen molar-refractivity contribution in [2.24, 2.45) is 0 Å². The van der Waals surface area contributed by atoms with Crippen LogP contribution in [0.25, 0.3) is 0 Å². The number of carbonyl (C=O) groups excluding carboxylic acids is 1. The van der Waals surface area contributed by atoms with Crippen LogP contribution in [0.4, 0.5) is 4.79 Å². The van der Waals surface area contributed by atoms with E-state index in [4.69, 9.17) is 4.74 Å². The second kappa shape index (κ2) is 8.19. The summed E-state index contributed by atoms with van der Waals surface area (Å²) in [5.74, 6) is -1.00. The first-order valence-electron chi connectivity index (χ1n) is 7.36. The molecule has 0 aromatic rings. The molecule has 1 saturated heterocycles. The number of urea groups is 1. The number of nitrogens with zero attached hydrogens (tertiary/aromatic N) is 2. The van der Waals surface area contributed by atoms with Crippen molar-refractivity contribution < 1.29 is 19.4 Å². The normalized spacial score (nSPS) is 24.7. The van der Waals surface area contributed by atoms with Crippen molar-refractivity contribution in [3.63, 3.8) is 0 Å². The lowest BCUT2D eigenvalue weighted by atomic mass is 10.1. The topological polar surface area (TPSA) is 82.1 Å². The van der Waals surface area contributed by atoms with Crippen LogP contribution >= 0.6 is 0 Å². The molecule has 7 nitrogen and oxygen atoms in total. The van der Waals surface area contributed by atoms with E-state index >= 15 is 0 Å². The van der Waals surface area contributed by atoms with Crippen LogP contribution in [0.5, 0.6) is 0 Å². The van der Waals surface area contributed by atoms with Gasteiger partial charge in [0.15, 0.2) is 0 Å². The number of aliphatic carboxylic acids is 1. The Bertz CT molecular complexity index is 352. The molecule has 3 unspecified atom stereocenters. The summed E-state index contributed by atoms with van der Waals surface area (Å²) in [7, 11) is 3.61. The van der Waals surface area contributed by atoms with Crippen LogP contribution in [0.1, 0.15) is 26.7 Å².